The highest BCUT2D eigenvalue weighted by molar-refractivity contribution is 5.79. The van der Waals surface area contributed by atoms with E-state index in [4.69, 9.17) is 0 Å². The monoisotopic (exact) mass is 307 g/mol. The first-order valence-corrected chi connectivity index (χ1v) is 9.45. The second kappa shape index (κ2) is 7.78. The summed E-state index contributed by atoms with van der Waals surface area (Å²) in [6.07, 6.45) is 9.73. The number of carbonyl (C=O) groups excluding carboxylic acids is 1. The summed E-state index contributed by atoms with van der Waals surface area (Å²) in [5.74, 6) is 0.838. The molecule has 2 saturated heterocycles. The molecule has 2 aliphatic heterocycles. The van der Waals surface area contributed by atoms with E-state index < -0.39 is 0 Å². The summed E-state index contributed by atoms with van der Waals surface area (Å²) in [4.78, 5) is 20.1. The molecule has 22 heavy (non-hydrogen) atoms. The minimum absolute atomic E-state index is 0.351. The zero-order valence-electron chi connectivity index (χ0n) is 14.3. The Morgan fingerprint density at radius 1 is 0.909 bits per heavy atom. The van der Waals surface area contributed by atoms with E-state index in [9.17, 15) is 4.79 Å². The van der Waals surface area contributed by atoms with Gasteiger partial charge in [-0.25, -0.2) is 0 Å². The van der Waals surface area contributed by atoms with Gasteiger partial charge in [-0.3, -0.25) is 4.79 Å². The van der Waals surface area contributed by atoms with Gasteiger partial charge in [-0.15, -0.1) is 0 Å². The van der Waals surface area contributed by atoms with Crippen molar-refractivity contribution in [3.63, 3.8) is 0 Å². The van der Waals surface area contributed by atoms with E-state index >= 15 is 0 Å². The summed E-state index contributed by atoms with van der Waals surface area (Å²) in [6, 6.07) is 0.515. The molecule has 0 bridgehead atoms. The average Bonchev–Trinajstić information content (AvgIpc) is 3.08. The fraction of sp³-hybridized carbons (Fsp3) is 0.944. The molecule has 1 amide bonds. The van der Waals surface area contributed by atoms with Crippen molar-refractivity contribution in [2.75, 3.05) is 46.3 Å². The van der Waals surface area contributed by atoms with Crippen molar-refractivity contribution in [1.82, 2.24) is 14.7 Å². The Balaban J connectivity index is 1.50. The lowest BCUT2D eigenvalue weighted by molar-refractivity contribution is -0.139. The van der Waals surface area contributed by atoms with Gasteiger partial charge in [0.05, 0.1) is 0 Å². The van der Waals surface area contributed by atoms with E-state index in [1.54, 1.807) is 0 Å². The van der Waals surface area contributed by atoms with Crippen molar-refractivity contribution < 1.29 is 4.79 Å². The molecule has 0 aromatic heterocycles. The molecule has 3 fully saturated rings. The number of amides is 1. The Kier molecular flexibility index (Phi) is 5.75. The van der Waals surface area contributed by atoms with E-state index in [0.717, 1.165) is 19.4 Å². The number of piperidine rings is 1. The zero-order valence-corrected chi connectivity index (χ0v) is 14.3. The Morgan fingerprint density at radius 2 is 1.59 bits per heavy atom. The van der Waals surface area contributed by atoms with Crippen LogP contribution in [0.2, 0.25) is 0 Å². The van der Waals surface area contributed by atoms with Crippen molar-refractivity contribution >= 4 is 5.91 Å². The molecule has 0 aromatic carbocycles. The highest BCUT2D eigenvalue weighted by Gasteiger charge is 2.32. The number of nitrogens with zero attached hydrogens (tertiary/aromatic N) is 3. The number of likely N-dealkylation sites (N-methyl/N-ethyl adjacent to an activating group) is 1. The van der Waals surface area contributed by atoms with Crippen molar-refractivity contribution in [3.8, 4) is 0 Å². The van der Waals surface area contributed by atoms with Crippen LogP contribution in [0, 0.1) is 5.92 Å². The summed E-state index contributed by atoms with van der Waals surface area (Å²) < 4.78 is 0. The topological polar surface area (TPSA) is 26.8 Å². The van der Waals surface area contributed by atoms with E-state index in [1.807, 2.05) is 0 Å². The van der Waals surface area contributed by atoms with Gasteiger partial charge in [0.1, 0.15) is 0 Å². The Hall–Kier alpha value is -0.610. The van der Waals surface area contributed by atoms with Crippen LogP contribution in [0.3, 0.4) is 0 Å². The molecule has 1 saturated carbocycles. The minimum Gasteiger partial charge on any atom is -0.339 e. The molecular weight excluding hydrogens is 274 g/mol. The number of rotatable bonds is 4. The third kappa shape index (κ3) is 4.02. The van der Waals surface area contributed by atoms with Crippen molar-refractivity contribution in [3.05, 3.63) is 0 Å². The van der Waals surface area contributed by atoms with Gasteiger partial charge in [0.2, 0.25) is 5.91 Å². The molecule has 0 N–H and O–H groups in total. The van der Waals surface area contributed by atoms with Gasteiger partial charge in [-0.1, -0.05) is 12.8 Å². The predicted molar refractivity (Wildman–Crippen MR) is 89.9 cm³/mol. The maximum Gasteiger partial charge on any atom is 0.225 e. The second-order valence-corrected chi connectivity index (χ2v) is 7.60. The summed E-state index contributed by atoms with van der Waals surface area (Å²) >= 11 is 0. The van der Waals surface area contributed by atoms with Gasteiger partial charge in [0.15, 0.2) is 0 Å². The average molecular weight is 307 g/mol. The molecule has 1 atom stereocenters. The fourth-order valence-corrected chi connectivity index (χ4v) is 4.40. The van der Waals surface area contributed by atoms with Crippen molar-refractivity contribution in [2.24, 2.45) is 5.92 Å². The molecule has 2 heterocycles. The lowest BCUT2D eigenvalue weighted by Gasteiger charge is -2.39. The molecule has 4 heteroatoms. The molecular formula is C18H33N3O. The molecule has 0 radical (unpaired) electrons. The Bertz CT molecular complexity index is 359. The Labute approximate surface area is 135 Å². The van der Waals surface area contributed by atoms with Crippen LogP contribution >= 0.6 is 0 Å². The van der Waals surface area contributed by atoms with Gasteiger partial charge in [0, 0.05) is 51.2 Å². The van der Waals surface area contributed by atoms with Gasteiger partial charge in [-0.05, 0) is 45.6 Å². The van der Waals surface area contributed by atoms with Crippen LogP contribution in [0.5, 0.6) is 0 Å². The van der Waals surface area contributed by atoms with Crippen molar-refractivity contribution in [1.29, 1.82) is 0 Å². The standard InChI is InChI=1S/C18H33N3O/c1-19-12-14-20(15-13-19)11-9-17-8-4-5-10-21(17)18(22)16-6-2-3-7-16/h16-17H,2-15H2,1H3/t17-/m1/s1. The molecule has 1 aliphatic carbocycles. The predicted octanol–water partition coefficient (Wildman–Crippen LogP) is 2.20. The smallest absolute Gasteiger partial charge is 0.225 e. The lowest BCUT2D eigenvalue weighted by atomic mass is 9.96. The number of carbonyl (C=O) groups is 1. The van der Waals surface area contributed by atoms with Gasteiger partial charge in [0.25, 0.3) is 0 Å². The van der Waals surface area contributed by atoms with Gasteiger partial charge < -0.3 is 14.7 Å². The maximum atomic E-state index is 12.8. The highest BCUT2D eigenvalue weighted by atomic mass is 16.2. The minimum atomic E-state index is 0.351. The van der Waals surface area contributed by atoms with E-state index in [-0.39, 0.29) is 0 Å². The quantitative estimate of drug-likeness (QED) is 0.796. The van der Waals surface area contributed by atoms with E-state index in [2.05, 4.69) is 21.7 Å². The van der Waals surface area contributed by atoms with Crippen LogP contribution in [-0.4, -0.2) is 73.0 Å². The van der Waals surface area contributed by atoms with Crippen molar-refractivity contribution in [2.45, 2.75) is 57.4 Å². The molecule has 3 rings (SSSR count). The fourth-order valence-electron chi connectivity index (χ4n) is 4.40. The Morgan fingerprint density at radius 3 is 2.32 bits per heavy atom. The van der Waals surface area contributed by atoms with Crippen LogP contribution < -0.4 is 0 Å². The zero-order chi connectivity index (χ0) is 15.4. The third-order valence-corrected chi connectivity index (χ3v) is 5.99. The SMILES string of the molecule is CN1CCN(CC[C@H]2CCCCN2C(=O)C2CCCC2)CC1. The number of piperazine rings is 1. The molecule has 126 valence electrons. The molecule has 3 aliphatic rings. The third-order valence-electron chi connectivity index (χ3n) is 5.99. The van der Waals surface area contributed by atoms with Crippen LogP contribution in [0.15, 0.2) is 0 Å². The highest BCUT2D eigenvalue weighted by Crippen LogP contribution is 2.30. The molecule has 0 spiro atoms. The molecule has 4 nitrogen and oxygen atoms in total. The summed E-state index contributed by atoms with van der Waals surface area (Å²) in [7, 11) is 2.21. The molecule has 0 aromatic rings. The second-order valence-electron chi connectivity index (χ2n) is 7.60. The van der Waals surface area contributed by atoms with Gasteiger partial charge >= 0.3 is 0 Å². The normalized spacial score (nSPS) is 29.1. The molecule has 0 unspecified atom stereocenters. The summed E-state index contributed by atoms with van der Waals surface area (Å²) in [6.45, 7) is 6.96. The van der Waals surface area contributed by atoms with Crippen LogP contribution in [0.25, 0.3) is 0 Å². The maximum absolute atomic E-state index is 12.8. The first-order chi connectivity index (χ1) is 10.7. The van der Waals surface area contributed by atoms with Crippen LogP contribution in [0.1, 0.15) is 51.4 Å². The summed E-state index contributed by atoms with van der Waals surface area (Å²) in [5.41, 5.74) is 0. The summed E-state index contributed by atoms with van der Waals surface area (Å²) in [5, 5.41) is 0. The number of likely N-dealkylation sites (tertiary alicyclic amines) is 1. The van der Waals surface area contributed by atoms with Crippen LogP contribution in [-0.2, 0) is 4.79 Å². The largest absolute Gasteiger partial charge is 0.339 e. The van der Waals surface area contributed by atoms with Gasteiger partial charge in [-0.2, -0.15) is 0 Å². The first-order valence-electron chi connectivity index (χ1n) is 9.45. The van der Waals surface area contributed by atoms with E-state index in [1.165, 1.54) is 71.2 Å². The number of hydrogen-bond acceptors (Lipinski definition) is 3. The first kappa shape index (κ1) is 16.3. The number of hydrogen-bond donors (Lipinski definition) is 0. The lowest BCUT2D eigenvalue weighted by Crippen LogP contribution is -2.49. The van der Waals surface area contributed by atoms with Crippen LogP contribution in [0.4, 0.5) is 0 Å². The van der Waals surface area contributed by atoms with E-state index in [0.29, 0.717) is 17.9 Å².